The van der Waals surface area contributed by atoms with Gasteiger partial charge >= 0.3 is 0 Å². The highest BCUT2D eigenvalue weighted by atomic mass is 32.1. The van der Waals surface area contributed by atoms with Crippen molar-refractivity contribution in [2.75, 3.05) is 0 Å². The number of pyridine rings is 1. The molecule has 0 radical (unpaired) electrons. The predicted molar refractivity (Wildman–Crippen MR) is 246 cm³/mol. The smallest absolute Gasteiger partial charge is 0.164 e. The van der Waals surface area contributed by atoms with Gasteiger partial charge in [-0.3, -0.25) is 0 Å². The Morgan fingerprint density at radius 3 is 1.36 bits per heavy atom. The molecule has 0 aliphatic rings. The van der Waals surface area contributed by atoms with E-state index in [9.17, 15) is 0 Å². The van der Waals surface area contributed by atoms with Crippen molar-refractivity contribution in [1.82, 2.24) is 19.9 Å². The van der Waals surface area contributed by atoms with Crippen LogP contribution in [0.5, 0.6) is 0 Å². The van der Waals surface area contributed by atoms with E-state index in [0.717, 1.165) is 55.5 Å². The van der Waals surface area contributed by atoms with E-state index < -0.39 is 0 Å². The van der Waals surface area contributed by atoms with Crippen LogP contribution in [0.3, 0.4) is 0 Å². The van der Waals surface area contributed by atoms with Gasteiger partial charge in [0.1, 0.15) is 0 Å². The molecule has 0 aliphatic carbocycles. The van der Waals surface area contributed by atoms with Crippen LogP contribution in [-0.4, -0.2) is 19.9 Å². The van der Waals surface area contributed by atoms with E-state index in [1.165, 1.54) is 36.9 Å². The van der Waals surface area contributed by atoms with Gasteiger partial charge in [0.25, 0.3) is 0 Å². The summed E-state index contributed by atoms with van der Waals surface area (Å²) in [6.07, 6.45) is 0. The Balaban J connectivity index is 1.03. The lowest BCUT2D eigenvalue weighted by Gasteiger charge is -2.12. The van der Waals surface area contributed by atoms with E-state index in [0.29, 0.717) is 17.5 Å². The Morgan fingerprint density at radius 2 is 0.729 bits per heavy atom. The predicted octanol–water partition coefficient (Wildman–Crippen LogP) is 14.5. The molecule has 276 valence electrons. The summed E-state index contributed by atoms with van der Waals surface area (Å²) in [5.41, 5.74) is 12.7. The standard InChI is InChI=1S/C54H34N4S/c1-4-15-35(16-5-1)38-21-12-22-39(31-38)42-29-30-45-47(34-42)55-50(51-49(45)46-27-10-11-28-48(46)59-51)43-25-13-23-40(32-43)41-24-14-26-44(33-41)54-57-52(36-17-6-2-7-18-36)56-53(58-54)37-19-8-3-9-20-37/h1-34H. The molecule has 5 heteroatoms. The molecule has 0 aliphatic heterocycles. The van der Waals surface area contributed by atoms with Crippen LogP contribution >= 0.6 is 11.3 Å². The fraction of sp³-hybridized carbons (Fsp3) is 0. The monoisotopic (exact) mass is 770 g/mol. The molecular weight excluding hydrogens is 737 g/mol. The van der Waals surface area contributed by atoms with Crippen molar-refractivity contribution in [2.45, 2.75) is 0 Å². The Bertz CT molecular complexity index is 3270. The zero-order valence-electron chi connectivity index (χ0n) is 31.8. The molecule has 0 N–H and O–H groups in total. The third kappa shape index (κ3) is 6.54. The van der Waals surface area contributed by atoms with Crippen molar-refractivity contribution in [2.24, 2.45) is 0 Å². The molecule has 0 saturated heterocycles. The van der Waals surface area contributed by atoms with Crippen molar-refractivity contribution >= 4 is 42.4 Å². The Hall–Kier alpha value is -7.60. The number of fused-ring (bicyclic) bond motifs is 5. The first-order chi connectivity index (χ1) is 29.2. The van der Waals surface area contributed by atoms with Gasteiger partial charge in [-0.15, -0.1) is 11.3 Å². The Labute approximate surface area is 345 Å². The summed E-state index contributed by atoms with van der Waals surface area (Å²) in [6, 6.07) is 72.2. The second kappa shape index (κ2) is 14.7. The van der Waals surface area contributed by atoms with E-state index in [1.807, 2.05) is 72.0 Å². The summed E-state index contributed by atoms with van der Waals surface area (Å²) < 4.78 is 2.44. The van der Waals surface area contributed by atoms with Crippen LogP contribution in [0.1, 0.15) is 0 Å². The summed E-state index contributed by atoms with van der Waals surface area (Å²) in [6.45, 7) is 0. The lowest BCUT2D eigenvalue weighted by atomic mass is 9.96. The molecule has 4 nitrogen and oxygen atoms in total. The molecule has 11 aromatic rings. The molecule has 0 unspecified atom stereocenters. The minimum absolute atomic E-state index is 0.629. The van der Waals surface area contributed by atoms with Crippen molar-refractivity contribution in [3.8, 4) is 78.8 Å². The van der Waals surface area contributed by atoms with Crippen molar-refractivity contribution < 1.29 is 0 Å². The van der Waals surface area contributed by atoms with Crippen LogP contribution < -0.4 is 0 Å². The van der Waals surface area contributed by atoms with Gasteiger partial charge in [0.2, 0.25) is 0 Å². The maximum Gasteiger partial charge on any atom is 0.164 e. The van der Waals surface area contributed by atoms with Crippen LogP contribution in [0.15, 0.2) is 206 Å². The Kier molecular flexibility index (Phi) is 8.64. The first-order valence-corrected chi connectivity index (χ1v) is 20.5. The van der Waals surface area contributed by atoms with Crippen molar-refractivity contribution in [1.29, 1.82) is 0 Å². The molecule has 0 saturated carbocycles. The van der Waals surface area contributed by atoms with E-state index in [-0.39, 0.29) is 0 Å². The number of benzene rings is 8. The number of nitrogens with zero attached hydrogens (tertiary/aromatic N) is 4. The summed E-state index contributed by atoms with van der Waals surface area (Å²) in [7, 11) is 0. The minimum atomic E-state index is 0.629. The summed E-state index contributed by atoms with van der Waals surface area (Å²) in [5.74, 6) is 1.91. The molecule has 0 atom stereocenters. The highest BCUT2D eigenvalue weighted by Gasteiger charge is 2.18. The van der Waals surface area contributed by atoms with Gasteiger partial charge in [0.05, 0.1) is 15.9 Å². The Morgan fingerprint density at radius 1 is 0.288 bits per heavy atom. The fourth-order valence-corrected chi connectivity index (χ4v) is 9.22. The SMILES string of the molecule is c1ccc(-c2cccc(-c3ccc4c(c3)nc(-c3cccc(-c5cccc(-c6nc(-c7ccccc7)nc(-c7ccccc7)n6)c5)c3)c3sc5ccccc5c34)c2)cc1. The van der Waals surface area contributed by atoms with Crippen LogP contribution in [0.4, 0.5) is 0 Å². The van der Waals surface area contributed by atoms with E-state index in [2.05, 4.69) is 146 Å². The third-order valence-corrected chi connectivity index (χ3v) is 12.1. The first-order valence-electron chi connectivity index (χ1n) is 19.7. The highest BCUT2D eigenvalue weighted by molar-refractivity contribution is 7.26. The molecule has 0 amide bonds. The van der Waals surface area contributed by atoms with E-state index in [4.69, 9.17) is 19.9 Å². The van der Waals surface area contributed by atoms with Crippen LogP contribution in [-0.2, 0) is 0 Å². The topological polar surface area (TPSA) is 51.6 Å². The second-order valence-corrected chi connectivity index (χ2v) is 15.7. The van der Waals surface area contributed by atoms with Gasteiger partial charge in [0, 0.05) is 43.1 Å². The average Bonchev–Trinajstić information content (AvgIpc) is 3.72. The van der Waals surface area contributed by atoms with Gasteiger partial charge in [-0.1, -0.05) is 176 Å². The van der Waals surface area contributed by atoms with Crippen LogP contribution in [0.25, 0.3) is 110 Å². The highest BCUT2D eigenvalue weighted by Crippen LogP contribution is 2.44. The molecular formula is C54H34N4S. The average molecular weight is 771 g/mol. The molecule has 0 fully saturated rings. The maximum atomic E-state index is 5.50. The second-order valence-electron chi connectivity index (χ2n) is 14.6. The molecule has 11 rings (SSSR count). The van der Waals surface area contributed by atoms with Gasteiger partial charge in [0.15, 0.2) is 17.5 Å². The normalized spacial score (nSPS) is 11.4. The van der Waals surface area contributed by atoms with E-state index in [1.54, 1.807) is 0 Å². The largest absolute Gasteiger partial charge is 0.246 e. The number of rotatable bonds is 7. The zero-order chi connectivity index (χ0) is 39.1. The number of thiophene rings is 1. The molecule has 8 aromatic carbocycles. The van der Waals surface area contributed by atoms with Gasteiger partial charge in [-0.25, -0.2) is 19.9 Å². The molecule has 3 heterocycles. The summed E-state index contributed by atoms with van der Waals surface area (Å²) in [4.78, 5) is 20.4. The van der Waals surface area contributed by atoms with Gasteiger partial charge < -0.3 is 0 Å². The van der Waals surface area contributed by atoms with Crippen molar-refractivity contribution in [3.05, 3.63) is 206 Å². The third-order valence-electron chi connectivity index (χ3n) is 10.9. The van der Waals surface area contributed by atoms with E-state index >= 15 is 0 Å². The minimum Gasteiger partial charge on any atom is -0.246 e. The quantitative estimate of drug-likeness (QED) is 0.162. The first kappa shape index (κ1) is 34.6. The fourth-order valence-electron chi connectivity index (χ4n) is 7.99. The lowest BCUT2D eigenvalue weighted by molar-refractivity contribution is 1.07. The molecule has 3 aromatic heterocycles. The number of aromatic nitrogens is 4. The molecule has 59 heavy (non-hydrogen) atoms. The molecule has 0 bridgehead atoms. The molecule has 0 spiro atoms. The van der Waals surface area contributed by atoms with Crippen molar-refractivity contribution in [3.63, 3.8) is 0 Å². The lowest BCUT2D eigenvalue weighted by Crippen LogP contribution is -2.00. The number of hydrogen-bond donors (Lipinski definition) is 0. The van der Waals surface area contributed by atoms with Gasteiger partial charge in [-0.2, -0.15) is 0 Å². The maximum absolute atomic E-state index is 5.50. The summed E-state index contributed by atoms with van der Waals surface area (Å²) >= 11 is 1.81. The van der Waals surface area contributed by atoms with Crippen LogP contribution in [0, 0.1) is 0 Å². The van der Waals surface area contributed by atoms with Crippen LogP contribution in [0.2, 0.25) is 0 Å². The zero-order valence-corrected chi connectivity index (χ0v) is 32.6. The summed E-state index contributed by atoms with van der Waals surface area (Å²) in [5, 5.41) is 3.67. The number of hydrogen-bond acceptors (Lipinski definition) is 5. The van der Waals surface area contributed by atoms with Gasteiger partial charge in [-0.05, 0) is 63.7 Å².